The fourth-order valence-corrected chi connectivity index (χ4v) is 3.21. The number of carboxylic acids is 7. The number of aliphatic carboxylic acids is 7. The molecule has 4 atom stereocenters. The molecule has 31 heavy (non-hydrogen) atoms. The summed E-state index contributed by atoms with van der Waals surface area (Å²) in [4.78, 5) is 74.2. The summed E-state index contributed by atoms with van der Waals surface area (Å²) in [6.45, 7) is 0. The molecule has 0 heterocycles. The molecule has 0 amide bonds. The van der Waals surface area contributed by atoms with E-state index in [1.54, 1.807) is 0 Å². The molecule has 14 nitrogen and oxygen atoms in total. The third kappa shape index (κ3) is 8.67. The predicted molar refractivity (Wildman–Crippen MR) is 94.0 cm³/mol. The zero-order valence-corrected chi connectivity index (χ0v) is 15.9. The first-order valence-corrected chi connectivity index (χ1v) is 8.78. The maximum atomic E-state index is 10.9. The molecule has 7 N–H and O–H groups in total. The highest BCUT2D eigenvalue weighted by atomic mass is 16.4. The van der Waals surface area contributed by atoms with Crippen molar-refractivity contribution in [1.29, 1.82) is 0 Å². The van der Waals surface area contributed by atoms with Crippen LogP contribution in [0.1, 0.15) is 32.1 Å². The zero-order valence-electron chi connectivity index (χ0n) is 15.9. The third-order valence-corrected chi connectivity index (χ3v) is 4.73. The molecule has 0 aromatic heterocycles. The topological polar surface area (TPSA) is 261 Å². The largest absolute Gasteiger partial charge is 0.481 e. The van der Waals surface area contributed by atoms with E-state index in [0.29, 0.717) is 0 Å². The van der Waals surface area contributed by atoms with Gasteiger partial charge in [0.25, 0.3) is 0 Å². The van der Waals surface area contributed by atoms with Crippen LogP contribution in [0.2, 0.25) is 0 Å². The Morgan fingerprint density at radius 3 is 1.10 bits per heavy atom. The van der Waals surface area contributed by atoms with E-state index in [0.717, 1.165) is 0 Å². The van der Waals surface area contributed by atoms with Crippen molar-refractivity contribution in [3.63, 3.8) is 0 Å². The maximum absolute atomic E-state index is 10.9. The lowest BCUT2D eigenvalue weighted by Crippen LogP contribution is -2.35. The quantitative estimate of drug-likeness (QED) is 0.211. The Labute approximate surface area is 173 Å². The number of carbonyl (C=O) groups is 7. The molecule has 1 aliphatic carbocycles. The molecule has 1 rings (SSSR count). The molecule has 14 heteroatoms. The molecule has 0 saturated heterocycles. The summed E-state index contributed by atoms with van der Waals surface area (Å²) >= 11 is 0. The lowest BCUT2D eigenvalue weighted by Gasteiger charge is -2.16. The van der Waals surface area contributed by atoms with Gasteiger partial charge in [-0.2, -0.15) is 0 Å². The average molecular weight is 450 g/mol. The number of hydrogen-bond acceptors (Lipinski definition) is 7. The van der Waals surface area contributed by atoms with Crippen LogP contribution in [0.5, 0.6) is 0 Å². The summed E-state index contributed by atoms with van der Waals surface area (Å²) in [6, 6.07) is 0. The molecule has 4 unspecified atom stereocenters. The van der Waals surface area contributed by atoms with Gasteiger partial charge in [0.2, 0.25) is 0 Å². The fourth-order valence-electron chi connectivity index (χ4n) is 3.21. The van der Waals surface area contributed by atoms with Crippen LogP contribution < -0.4 is 0 Å². The van der Waals surface area contributed by atoms with Gasteiger partial charge in [-0.25, -0.2) is 0 Å². The Balaban J connectivity index is 0.000000594. The molecular weight excluding hydrogens is 428 g/mol. The molecular formula is C17H22O14. The van der Waals surface area contributed by atoms with Crippen LogP contribution in [0.4, 0.5) is 0 Å². The number of rotatable bonds is 11. The first-order valence-electron chi connectivity index (χ1n) is 8.78. The highest BCUT2D eigenvalue weighted by Gasteiger charge is 2.56. The van der Waals surface area contributed by atoms with Crippen molar-refractivity contribution in [2.45, 2.75) is 32.1 Å². The van der Waals surface area contributed by atoms with E-state index in [9.17, 15) is 33.6 Å². The minimum atomic E-state index is -1.72. The van der Waals surface area contributed by atoms with Gasteiger partial charge in [-0.3, -0.25) is 33.6 Å². The lowest BCUT2D eigenvalue weighted by atomic mass is 9.87. The van der Waals surface area contributed by atoms with Crippen molar-refractivity contribution in [3.8, 4) is 0 Å². The summed E-state index contributed by atoms with van der Waals surface area (Å²) in [7, 11) is 0. The zero-order chi connectivity index (χ0) is 24.5. The van der Waals surface area contributed by atoms with Gasteiger partial charge in [0.05, 0.1) is 29.6 Å². The Morgan fingerprint density at radius 2 is 0.903 bits per heavy atom. The smallest absolute Gasteiger partial charge is 0.308 e. The highest BCUT2D eigenvalue weighted by Crippen LogP contribution is 2.42. The van der Waals surface area contributed by atoms with E-state index in [1.807, 2.05) is 0 Å². The van der Waals surface area contributed by atoms with Crippen molar-refractivity contribution in [3.05, 3.63) is 0 Å². The van der Waals surface area contributed by atoms with Gasteiger partial charge in [0.1, 0.15) is 0 Å². The van der Waals surface area contributed by atoms with E-state index in [-0.39, 0.29) is 25.7 Å². The van der Waals surface area contributed by atoms with Crippen molar-refractivity contribution in [2.75, 3.05) is 0 Å². The van der Waals surface area contributed by atoms with Crippen LogP contribution in [0.3, 0.4) is 0 Å². The predicted octanol–water partition coefficient (Wildman–Crippen LogP) is -0.390. The Hall–Kier alpha value is -3.71. The molecule has 1 fully saturated rings. The Kier molecular flexibility index (Phi) is 10.6. The van der Waals surface area contributed by atoms with Crippen molar-refractivity contribution in [1.82, 2.24) is 0 Å². The fraction of sp³-hybridized carbons (Fsp3) is 0.588. The Bertz CT molecular complexity index is 687. The molecule has 1 aliphatic rings. The third-order valence-electron chi connectivity index (χ3n) is 4.73. The Morgan fingerprint density at radius 1 is 0.581 bits per heavy atom. The molecule has 0 radical (unpaired) electrons. The standard InChI is InChI=1S/C9H10O8.C8H12O6/c10-6(11)2-1-3(7(12)13)5(9(16)17)4(2)8(14)15;9-6(10)3-1-5(8(13)14)2-4-7(11)12/h2-5H,1H2,(H,10,11)(H,12,13)(H,14,15)(H,16,17);5H,1-4H2,(H,9,10)(H,11,12)(H,13,14). The summed E-state index contributed by atoms with van der Waals surface area (Å²) in [5, 5.41) is 60.5. The first kappa shape index (κ1) is 27.3. The van der Waals surface area contributed by atoms with Gasteiger partial charge >= 0.3 is 41.8 Å². The van der Waals surface area contributed by atoms with Crippen LogP contribution in [-0.2, 0) is 33.6 Å². The molecule has 0 spiro atoms. The van der Waals surface area contributed by atoms with E-state index >= 15 is 0 Å². The second-order valence-corrected chi connectivity index (χ2v) is 6.75. The minimum absolute atomic E-state index is 0.0298. The molecule has 1 saturated carbocycles. The van der Waals surface area contributed by atoms with Crippen LogP contribution >= 0.6 is 0 Å². The van der Waals surface area contributed by atoms with E-state index in [4.69, 9.17) is 35.7 Å². The van der Waals surface area contributed by atoms with Crippen LogP contribution in [0.15, 0.2) is 0 Å². The summed E-state index contributed by atoms with van der Waals surface area (Å²) in [5.41, 5.74) is 0. The number of carboxylic acid groups (broad SMARTS) is 7. The van der Waals surface area contributed by atoms with Crippen LogP contribution in [0.25, 0.3) is 0 Å². The van der Waals surface area contributed by atoms with E-state index < -0.39 is 77.8 Å². The van der Waals surface area contributed by atoms with Gasteiger partial charge in [-0.1, -0.05) is 0 Å². The van der Waals surface area contributed by atoms with Crippen molar-refractivity contribution >= 4 is 41.8 Å². The lowest BCUT2D eigenvalue weighted by molar-refractivity contribution is -0.160. The van der Waals surface area contributed by atoms with Gasteiger partial charge in [0, 0.05) is 12.8 Å². The summed E-state index contributed by atoms with van der Waals surface area (Å²) in [6.07, 6.45) is -1.05. The van der Waals surface area contributed by atoms with Crippen LogP contribution in [-0.4, -0.2) is 77.5 Å². The molecule has 0 bridgehead atoms. The van der Waals surface area contributed by atoms with Crippen molar-refractivity contribution in [2.24, 2.45) is 29.6 Å². The second kappa shape index (κ2) is 12.1. The van der Waals surface area contributed by atoms with Crippen LogP contribution in [0, 0.1) is 29.6 Å². The molecule has 174 valence electrons. The molecule has 0 aromatic carbocycles. The average Bonchev–Trinajstić information content (AvgIpc) is 3.03. The van der Waals surface area contributed by atoms with E-state index in [2.05, 4.69) is 0 Å². The summed E-state index contributed by atoms with van der Waals surface area (Å²) in [5.74, 6) is -16.8. The van der Waals surface area contributed by atoms with Gasteiger partial charge in [-0.15, -0.1) is 0 Å². The van der Waals surface area contributed by atoms with E-state index in [1.165, 1.54) is 0 Å². The normalized spacial score (nSPS) is 22.1. The van der Waals surface area contributed by atoms with Gasteiger partial charge < -0.3 is 35.7 Å². The van der Waals surface area contributed by atoms with Gasteiger partial charge in [-0.05, 0) is 19.3 Å². The SMILES string of the molecule is O=C(O)C1CC(C(=O)O)C(C(=O)O)C1C(=O)O.O=C(O)CCC(CCC(=O)O)C(=O)O. The maximum Gasteiger partial charge on any atom is 0.308 e. The molecule has 0 aromatic rings. The first-order chi connectivity index (χ1) is 14.2. The summed E-state index contributed by atoms with van der Waals surface area (Å²) < 4.78 is 0. The van der Waals surface area contributed by atoms with Crippen molar-refractivity contribution < 1.29 is 69.3 Å². The highest BCUT2D eigenvalue weighted by molar-refractivity contribution is 5.90. The second-order valence-electron chi connectivity index (χ2n) is 6.75. The molecule has 0 aliphatic heterocycles. The number of hydrogen-bond donors (Lipinski definition) is 7. The minimum Gasteiger partial charge on any atom is -0.481 e. The monoisotopic (exact) mass is 450 g/mol. The van der Waals surface area contributed by atoms with Gasteiger partial charge in [0.15, 0.2) is 0 Å².